The Morgan fingerprint density at radius 2 is 1.96 bits per heavy atom. The molecule has 0 aliphatic heterocycles. The number of Topliss-reactive ketones (excluding diaryl/α,β-unsaturated/α-hetero) is 1. The molecular formula is C20H20N2O5. The van der Waals surface area contributed by atoms with Gasteiger partial charge in [-0.15, -0.1) is 0 Å². The molecule has 2 heterocycles. The Morgan fingerprint density at radius 1 is 1.26 bits per heavy atom. The number of hydrogen-bond acceptors (Lipinski definition) is 5. The van der Waals surface area contributed by atoms with Gasteiger partial charge in [0.1, 0.15) is 11.5 Å². The predicted octanol–water partition coefficient (Wildman–Crippen LogP) is 4.30. The zero-order chi connectivity index (χ0) is 19.6. The number of furan rings is 1. The monoisotopic (exact) mass is 368 g/mol. The topological polar surface area (TPSA) is 87.5 Å². The number of rotatable bonds is 7. The van der Waals surface area contributed by atoms with Crippen molar-refractivity contribution < 1.29 is 18.9 Å². The number of carbonyl (C=O) groups is 1. The Hall–Kier alpha value is -3.35. The Morgan fingerprint density at radius 3 is 2.56 bits per heavy atom. The summed E-state index contributed by atoms with van der Waals surface area (Å²) >= 11 is 0. The highest BCUT2D eigenvalue weighted by Gasteiger charge is 2.23. The number of ketones is 1. The molecule has 0 aliphatic carbocycles. The number of aryl methyl sites for hydroxylation is 1. The fourth-order valence-corrected chi connectivity index (χ4v) is 2.98. The number of benzene rings is 1. The van der Waals surface area contributed by atoms with Gasteiger partial charge in [0, 0.05) is 29.1 Å². The van der Waals surface area contributed by atoms with Crippen LogP contribution in [0.4, 0.5) is 5.69 Å². The number of hydrogen-bond donors (Lipinski definition) is 0. The van der Waals surface area contributed by atoms with Crippen LogP contribution in [-0.2, 0) is 6.54 Å². The van der Waals surface area contributed by atoms with E-state index in [-0.39, 0.29) is 11.5 Å². The van der Waals surface area contributed by atoms with Crippen molar-refractivity contribution in [1.82, 2.24) is 4.57 Å². The molecule has 0 saturated heterocycles. The van der Waals surface area contributed by atoms with Gasteiger partial charge in [0.2, 0.25) is 5.78 Å². The summed E-state index contributed by atoms with van der Waals surface area (Å²) in [5.74, 6) is 1.07. The number of nitro benzene ring substituents is 1. The molecule has 3 rings (SSSR count). The quantitative estimate of drug-likeness (QED) is 0.352. The summed E-state index contributed by atoms with van der Waals surface area (Å²) in [6.45, 7) is 6.05. The lowest BCUT2D eigenvalue weighted by Crippen LogP contribution is -2.24. The van der Waals surface area contributed by atoms with Gasteiger partial charge in [-0.1, -0.05) is 0 Å². The molecule has 7 nitrogen and oxygen atoms in total. The third kappa shape index (κ3) is 3.92. The number of carbonyl (C=O) groups excluding carboxylic acids is 1. The van der Waals surface area contributed by atoms with Crippen LogP contribution in [0.1, 0.15) is 34.4 Å². The largest absolute Gasteiger partial charge is 0.483 e. The molecular weight excluding hydrogens is 348 g/mol. The van der Waals surface area contributed by atoms with Gasteiger partial charge >= 0.3 is 0 Å². The molecule has 2 aromatic heterocycles. The summed E-state index contributed by atoms with van der Waals surface area (Å²) in [5, 5.41) is 10.7. The maximum absolute atomic E-state index is 12.8. The first-order valence-electron chi connectivity index (χ1n) is 8.51. The lowest BCUT2D eigenvalue weighted by Gasteiger charge is -2.14. The van der Waals surface area contributed by atoms with Gasteiger partial charge in [-0.2, -0.15) is 0 Å². The molecule has 1 atom stereocenters. The molecule has 27 heavy (non-hydrogen) atoms. The number of aromatic nitrogens is 1. The predicted molar refractivity (Wildman–Crippen MR) is 99.2 cm³/mol. The number of nitrogens with zero attached hydrogens (tertiary/aromatic N) is 2. The second-order valence-corrected chi connectivity index (χ2v) is 6.33. The smallest absolute Gasteiger partial charge is 0.269 e. The minimum Gasteiger partial charge on any atom is -0.483 e. The Labute approximate surface area is 156 Å². The van der Waals surface area contributed by atoms with E-state index in [9.17, 15) is 14.9 Å². The van der Waals surface area contributed by atoms with Gasteiger partial charge in [-0.3, -0.25) is 14.9 Å². The van der Waals surface area contributed by atoms with Crippen molar-refractivity contribution in [2.75, 3.05) is 0 Å². The zero-order valence-electron chi connectivity index (χ0n) is 15.3. The number of non-ortho nitro benzene ring substituents is 1. The molecule has 0 saturated carbocycles. The highest BCUT2D eigenvalue weighted by Crippen LogP contribution is 2.22. The molecule has 3 aromatic rings. The van der Waals surface area contributed by atoms with E-state index in [0.717, 1.165) is 17.1 Å². The van der Waals surface area contributed by atoms with Gasteiger partial charge < -0.3 is 13.7 Å². The molecule has 0 fully saturated rings. The molecule has 0 aliphatic rings. The molecule has 7 heteroatoms. The Kier molecular flexibility index (Phi) is 5.12. The fourth-order valence-electron chi connectivity index (χ4n) is 2.98. The summed E-state index contributed by atoms with van der Waals surface area (Å²) in [6, 6.07) is 11.2. The molecule has 1 aromatic carbocycles. The average molecular weight is 368 g/mol. The minimum atomic E-state index is -0.719. The summed E-state index contributed by atoms with van der Waals surface area (Å²) in [6.07, 6.45) is 0.902. The summed E-state index contributed by atoms with van der Waals surface area (Å²) < 4.78 is 13.1. The minimum absolute atomic E-state index is 0.0252. The van der Waals surface area contributed by atoms with E-state index in [2.05, 4.69) is 0 Å². The second-order valence-electron chi connectivity index (χ2n) is 6.33. The third-order valence-corrected chi connectivity index (χ3v) is 4.46. The zero-order valence-corrected chi connectivity index (χ0v) is 15.3. The fraction of sp³-hybridized carbons (Fsp3) is 0.250. The molecule has 0 unspecified atom stereocenters. The summed E-state index contributed by atoms with van der Waals surface area (Å²) in [7, 11) is 0. The van der Waals surface area contributed by atoms with Crippen molar-refractivity contribution in [1.29, 1.82) is 0 Å². The van der Waals surface area contributed by atoms with E-state index in [0.29, 0.717) is 17.9 Å². The first kappa shape index (κ1) is 18.4. The van der Waals surface area contributed by atoms with Gasteiger partial charge in [0.25, 0.3) is 5.69 Å². The van der Waals surface area contributed by atoms with E-state index >= 15 is 0 Å². The van der Waals surface area contributed by atoms with Gasteiger partial charge in [-0.05, 0) is 51.1 Å². The van der Waals surface area contributed by atoms with Gasteiger partial charge in [0.15, 0.2) is 6.10 Å². The van der Waals surface area contributed by atoms with Crippen molar-refractivity contribution in [2.45, 2.75) is 33.4 Å². The van der Waals surface area contributed by atoms with Crippen LogP contribution < -0.4 is 4.74 Å². The van der Waals surface area contributed by atoms with E-state index in [1.165, 1.54) is 24.3 Å². The van der Waals surface area contributed by atoms with Crippen LogP contribution in [0.2, 0.25) is 0 Å². The maximum Gasteiger partial charge on any atom is 0.269 e. The van der Waals surface area contributed by atoms with Crippen LogP contribution in [0, 0.1) is 24.0 Å². The van der Waals surface area contributed by atoms with Crippen LogP contribution in [0.15, 0.2) is 53.1 Å². The highest BCUT2D eigenvalue weighted by molar-refractivity contribution is 6.00. The van der Waals surface area contributed by atoms with Crippen LogP contribution in [-0.4, -0.2) is 21.4 Å². The van der Waals surface area contributed by atoms with Crippen molar-refractivity contribution in [3.8, 4) is 5.75 Å². The van der Waals surface area contributed by atoms with Crippen molar-refractivity contribution >= 4 is 11.5 Å². The van der Waals surface area contributed by atoms with Gasteiger partial charge in [-0.25, -0.2) is 0 Å². The molecule has 140 valence electrons. The normalized spacial score (nSPS) is 12.0. The van der Waals surface area contributed by atoms with Crippen molar-refractivity contribution in [2.24, 2.45) is 0 Å². The molecule has 0 amide bonds. The highest BCUT2D eigenvalue weighted by atomic mass is 16.6. The average Bonchev–Trinajstić information content (AvgIpc) is 3.25. The third-order valence-electron chi connectivity index (χ3n) is 4.46. The molecule has 0 radical (unpaired) electrons. The van der Waals surface area contributed by atoms with Crippen LogP contribution in [0.25, 0.3) is 0 Å². The second kappa shape index (κ2) is 7.49. The van der Waals surface area contributed by atoms with Crippen LogP contribution in [0.3, 0.4) is 0 Å². The Bertz CT molecular complexity index is 955. The van der Waals surface area contributed by atoms with E-state index in [4.69, 9.17) is 9.15 Å². The summed E-state index contributed by atoms with van der Waals surface area (Å²) in [4.78, 5) is 23.1. The van der Waals surface area contributed by atoms with E-state index in [1.54, 1.807) is 13.2 Å². The lowest BCUT2D eigenvalue weighted by atomic mass is 10.1. The first-order chi connectivity index (χ1) is 12.9. The summed E-state index contributed by atoms with van der Waals surface area (Å²) in [5.41, 5.74) is 2.36. The first-order valence-corrected chi connectivity index (χ1v) is 8.51. The number of ether oxygens (including phenoxy) is 1. The number of nitro groups is 1. The Balaban J connectivity index is 1.75. The standard InChI is InChI=1S/C20H20N2O5/c1-13-11-19(14(2)21(13)12-18-5-4-10-26-18)20(23)15(3)27-17-8-6-16(7-9-17)22(24)25/h4-11,15H,12H2,1-3H3/t15-/m0/s1. The van der Waals surface area contributed by atoms with Crippen LogP contribution in [0.5, 0.6) is 5.75 Å². The molecule has 0 N–H and O–H groups in total. The van der Waals surface area contributed by atoms with E-state index in [1.807, 2.05) is 36.6 Å². The van der Waals surface area contributed by atoms with Crippen LogP contribution >= 0.6 is 0 Å². The lowest BCUT2D eigenvalue weighted by molar-refractivity contribution is -0.384. The van der Waals surface area contributed by atoms with Crippen molar-refractivity contribution in [3.05, 3.63) is 81.6 Å². The van der Waals surface area contributed by atoms with E-state index < -0.39 is 11.0 Å². The SMILES string of the molecule is Cc1cc(C(=O)[C@H](C)Oc2ccc([N+](=O)[O-])cc2)c(C)n1Cc1ccco1. The van der Waals surface area contributed by atoms with Gasteiger partial charge in [0.05, 0.1) is 17.7 Å². The van der Waals surface area contributed by atoms with Crippen molar-refractivity contribution in [3.63, 3.8) is 0 Å². The molecule has 0 bridgehead atoms. The molecule has 0 spiro atoms. The maximum atomic E-state index is 12.8.